The van der Waals surface area contributed by atoms with Gasteiger partial charge < -0.3 is 10.1 Å². The lowest BCUT2D eigenvalue weighted by Gasteiger charge is -2.19. The van der Waals surface area contributed by atoms with Crippen LogP contribution in [0.4, 0.5) is 0 Å². The van der Waals surface area contributed by atoms with Crippen LogP contribution in [0.1, 0.15) is 39.3 Å². The minimum atomic E-state index is -0.208. The van der Waals surface area contributed by atoms with Gasteiger partial charge in [0.25, 0.3) is 0 Å². The zero-order valence-corrected chi connectivity index (χ0v) is 16.1. The number of benzene rings is 2. The molecule has 1 N–H and O–H groups in total. The average Bonchev–Trinajstić information content (AvgIpc) is 3.21. The Labute approximate surface area is 162 Å². The van der Waals surface area contributed by atoms with Crippen LogP contribution in [0, 0.1) is 0 Å². The van der Waals surface area contributed by atoms with Gasteiger partial charge in [-0.3, -0.25) is 9.59 Å². The summed E-state index contributed by atoms with van der Waals surface area (Å²) in [6.45, 7) is 1.51. The minimum absolute atomic E-state index is 0.0416. The van der Waals surface area contributed by atoms with Crippen molar-refractivity contribution in [1.29, 1.82) is 0 Å². The highest BCUT2D eigenvalue weighted by atomic mass is 32.1. The van der Waals surface area contributed by atoms with Gasteiger partial charge in [-0.15, -0.1) is 11.3 Å². The van der Waals surface area contributed by atoms with E-state index >= 15 is 0 Å². The molecule has 5 heteroatoms. The summed E-state index contributed by atoms with van der Waals surface area (Å²) in [6, 6.07) is 18.8. The number of amides is 1. The van der Waals surface area contributed by atoms with Crippen LogP contribution in [0.2, 0.25) is 0 Å². The zero-order chi connectivity index (χ0) is 19.2. The summed E-state index contributed by atoms with van der Waals surface area (Å²) < 4.78 is 5.35. The molecule has 138 valence electrons. The van der Waals surface area contributed by atoms with Gasteiger partial charge in [0.2, 0.25) is 5.91 Å². The number of hydrogen-bond acceptors (Lipinski definition) is 4. The Hall–Kier alpha value is -2.92. The maximum absolute atomic E-state index is 12.8. The molecule has 27 heavy (non-hydrogen) atoms. The molecular weight excluding hydrogens is 358 g/mol. The number of carbonyl (C=O) groups is 2. The van der Waals surface area contributed by atoms with E-state index in [-0.39, 0.29) is 24.2 Å². The molecule has 0 bridgehead atoms. The third kappa shape index (κ3) is 4.63. The lowest BCUT2D eigenvalue weighted by atomic mass is 10.0. The molecule has 0 saturated carbocycles. The predicted octanol–water partition coefficient (Wildman–Crippen LogP) is 4.41. The Morgan fingerprint density at radius 2 is 1.85 bits per heavy atom. The van der Waals surface area contributed by atoms with Gasteiger partial charge in [0.15, 0.2) is 5.78 Å². The van der Waals surface area contributed by atoms with Crippen molar-refractivity contribution >= 4 is 23.0 Å². The SMILES string of the molecule is COc1ccc(C(C)=O)cc1CC(=O)NC(c1ccccc1)c1cccs1. The van der Waals surface area contributed by atoms with Gasteiger partial charge in [-0.25, -0.2) is 0 Å². The quantitative estimate of drug-likeness (QED) is 0.619. The Kier molecular flexibility index (Phi) is 6.04. The van der Waals surface area contributed by atoms with Crippen molar-refractivity contribution in [2.45, 2.75) is 19.4 Å². The van der Waals surface area contributed by atoms with Crippen LogP contribution in [-0.2, 0) is 11.2 Å². The number of methoxy groups -OCH3 is 1. The van der Waals surface area contributed by atoms with Gasteiger partial charge in [-0.2, -0.15) is 0 Å². The van der Waals surface area contributed by atoms with Gasteiger partial charge in [0.1, 0.15) is 5.75 Å². The van der Waals surface area contributed by atoms with E-state index in [1.807, 2.05) is 47.8 Å². The maximum Gasteiger partial charge on any atom is 0.225 e. The fraction of sp³-hybridized carbons (Fsp3) is 0.182. The first-order chi connectivity index (χ1) is 13.1. The maximum atomic E-state index is 12.8. The average molecular weight is 379 g/mol. The van der Waals surface area contributed by atoms with E-state index in [1.165, 1.54) is 6.92 Å². The van der Waals surface area contributed by atoms with Crippen molar-refractivity contribution in [2.24, 2.45) is 0 Å². The molecule has 1 atom stereocenters. The van der Waals surface area contributed by atoms with Crippen LogP contribution in [0.25, 0.3) is 0 Å². The third-order valence-electron chi connectivity index (χ3n) is 4.30. The van der Waals surface area contributed by atoms with Gasteiger partial charge in [-0.1, -0.05) is 36.4 Å². The molecule has 0 spiro atoms. The smallest absolute Gasteiger partial charge is 0.225 e. The number of carbonyl (C=O) groups excluding carboxylic acids is 2. The first kappa shape index (κ1) is 18.9. The molecule has 3 aromatic rings. The van der Waals surface area contributed by atoms with Gasteiger partial charge in [0.05, 0.1) is 19.6 Å². The van der Waals surface area contributed by atoms with E-state index < -0.39 is 0 Å². The molecule has 1 amide bonds. The Morgan fingerprint density at radius 3 is 2.48 bits per heavy atom. The molecule has 0 aliphatic heterocycles. The number of rotatable bonds is 7. The molecule has 2 aromatic carbocycles. The van der Waals surface area contributed by atoms with Crippen molar-refractivity contribution in [3.63, 3.8) is 0 Å². The second-order valence-electron chi connectivity index (χ2n) is 6.19. The molecule has 4 nitrogen and oxygen atoms in total. The summed E-state index contributed by atoms with van der Waals surface area (Å²) in [4.78, 5) is 25.5. The van der Waals surface area contributed by atoms with Gasteiger partial charge in [-0.05, 0) is 42.1 Å². The molecular formula is C22H21NO3S. The van der Waals surface area contributed by atoms with Crippen molar-refractivity contribution in [1.82, 2.24) is 5.32 Å². The Bertz CT molecular complexity index is 920. The fourth-order valence-corrected chi connectivity index (χ4v) is 3.74. The molecule has 1 aromatic heterocycles. The van der Waals surface area contributed by atoms with E-state index in [0.29, 0.717) is 16.9 Å². The summed E-state index contributed by atoms with van der Waals surface area (Å²) in [5, 5.41) is 5.11. The van der Waals surface area contributed by atoms with E-state index in [0.717, 1.165) is 10.4 Å². The van der Waals surface area contributed by atoms with Crippen LogP contribution in [-0.4, -0.2) is 18.8 Å². The largest absolute Gasteiger partial charge is 0.496 e. The Morgan fingerprint density at radius 1 is 1.07 bits per heavy atom. The van der Waals surface area contributed by atoms with Crippen molar-refractivity contribution in [3.8, 4) is 5.75 Å². The number of thiophene rings is 1. The van der Waals surface area contributed by atoms with Crippen LogP contribution >= 0.6 is 11.3 Å². The molecule has 1 unspecified atom stereocenters. The number of nitrogens with one attached hydrogen (secondary N) is 1. The van der Waals surface area contributed by atoms with Crippen molar-refractivity contribution < 1.29 is 14.3 Å². The summed E-state index contributed by atoms with van der Waals surface area (Å²) in [5.74, 6) is 0.429. The summed E-state index contributed by atoms with van der Waals surface area (Å²) in [7, 11) is 1.56. The number of ether oxygens (including phenoxy) is 1. The third-order valence-corrected chi connectivity index (χ3v) is 5.24. The highest BCUT2D eigenvalue weighted by molar-refractivity contribution is 7.10. The molecule has 3 rings (SSSR count). The lowest BCUT2D eigenvalue weighted by molar-refractivity contribution is -0.120. The van der Waals surface area contributed by atoms with Crippen LogP contribution in [0.3, 0.4) is 0 Å². The monoisotopic (exact) mass is 379 g/mol. The van der Waals surface area contributed by atoms with Crippen LogP contribution in [0.15, 0.2) is 66.0 Å². The first-order valence-corrected chi connectivity index (χ1v) is 9.52. The first-order valence-electron chi connectivity index (χ1n) is 8.64. The molecule has 0 saturated heterocycles. The standard InChI is InChI=1S/C22H21NO3S/c1-15(24)17-10-11-19(26-2)18(13-17)14-21(25)23-22(20-9-6-12-27-20)16-7-4-3-5-8-16/h3-13,22H,14H2,1-2H3,(H,23,25). The fourth-order valence-electron chi connectivity index (χ4n) is 2.94. The van der Waals surface area contributed by atoms with E-state index in [4.69, 9.17) is 4.74 Å². The molecule has 0 aliphatic carbocycles. The zero-order valence-electron chi connectivity index (χ0n) is 15.3. The highest BCUT2D eigenvalue weighted by Gasteiger charge is 2.19. The minimum Gasteiger partial charge on any atom is -0.496 e. The van der Waals surface area contributed by atoms with Gasteiger partial charge >= 0.3 is 0 Å². The number of Topliss-reactive ketones (excluding diaryl/α,β-unsaturated/α-hetero) is 1. The second-order valence-corrected chi connectivity index (χ2v) is 7.17. The van der Waals surface area contributed by atoms with E-state index in [1.54, 1.807) is 36.6 Å². The van der Waals surface area contributed by atoms with E-state index in [9.17, 15) is 9.59 Å². The summed E-state index contributed by atoms with van der Waals surface area (Å²) >= 11 is 1.60. The summed E-state index contributed by atoms with van der Waals surface area (Å²) in [6.07, 6.45) is 0.138. The number of ketones is 1. The molecule has 0 aliphatic rings. The molecule has 0 fully saturated rings. The van der Waals surface area contributed by atoms with Gasteiger partial charge in [0, 0.05) is 16.0 Å². The number of hydrogen-bond donors (Lipinski definition) is 1. The molecule has 1 heterocycles. The topological polar surface area (TPSA) is 55.4 Å². The van der Waals surface area contributed by atoms with E-state index in [2.05, 4.69) is 5.32 Å². The van der Waals surface area contributed by atoms with Crippen molar-refractivity contribution in [2.75, 3.05) is 7.11 Å². The Balaban J connectivity index is 1.83. The van der Waals surface area contributed by atoms with Crippen molar-refractivity contribution in [3.05, 3.63) is 87.6 Å². The summed E-state index contributed by atoms with van der Waals surface area (Å²) in [5.41, 5.74) is 2.29. The lowest BCUT2D eigenvalue weighted by Crippen LogP contribution is -2.30. The molecule has 0 radical (unpaired) electrons. The predicted molar refractivity (Wildman–Crippen MR) is 107 cm³/mol. The van der Waals surface area contributed by atoms with Crippen LogP contribution in [0.5, 0.6) is 5.75 Å². The highest BCUT2D eigenvalue weighted by Crippen LogP contribution is 2.27. The second kappa shape index (κ2) is 8.64. The van der Waals surface area contributed by atoms with Crippen LogP contribution < -0.4 is 10.1 Å². The normalized spacial score (nSPS) is 11.6.